The molecule has 0 aliphatic rings. The molecule has 0 saturated carbocycles. The summed E-state index contributed by atoms with van der Waals surface area (Å²) in [5.41, 5.74) is 5.87. The van der Waals surface area contributed by atoms with Crippen molar-refractivity contribution in [3.63, 3.8) is 0 Å². The zero-order chi connectivity index (χ0) is 14.4. The molecule has 2 aromatic rings. The molecule has 0 N–H and O–H groups in total. The lowest BCUT2D eigenvalue weighted by Gasteiger charge is -2.06. The quantitative estimate of drug-likeness (QED) is 0.831. The normalized spacial score (nSPS) is 10.0. The molecule has 2 heterocycles. The van der Waals surface area contributed by atoms with Gasteiger partial charge in [0.15, 0.2) is 0 Å². The molecule has 0 fully saturated rings. The monoisotopic (exact) mass is 259 g/mol. The molecule has 0 aliphatic heterocycles. The predicted octanol–water partition coefficient (Wildman–Crippen LogP) is 4.08. The highest BCUT2D eigenvalue weighted by Crippen LogP contribution is 2.24. The average Bonchev–Trinajstić information content (AvgIpc) is 2.72. The van der Waals surface area contributed by atoms with Gasteiger partial charge >= 0.3 is 0 Å². The first kappa shape index (κ1) is 15.4. The van der Waals surface area contributed by atoms with Gasteiger partial charge in [0.25, 0.3) is 0 Å². The molecule has 3 heteroatoms. The number of nitrogens with zero attached hydrogens (tertiary/aromatic N) is 3. The van der Waals surface area contributed by atoms with E-state index in [1.54, 1.807) is 0 Å². The molecule has 0 aromatic carbocycles. The van der Waals surface area contributed by atoms with Gasteiger partial charge in [-0.15, -0.1) is 0 Å². The zero-order valence-corrected chi connectivity index (χ0v) is 13.0. The van der Waals surface area contributed by atoms with Crippen molar-refractivity contribution in [1.82, 2.24) is 14.8 Å². The van der Waals surface area contributed by atoms with Crippen LogP contribution < -0.4 is 0 Å². The van der Waals surface area contributed by atoms with Gasteiger partial charge in [-0.3, -0.25) is 9.67 Å². The first-order chi connectivity index (χ1) is 9.11. The largest absolute Gasteiger partial charge is 0.272 e. The molecule has 0 radical (unpaired) electrons. The maximum Gasteiger partial charge on any atom is 0.0571 e. The van der Waals surface area contributed by atoms with Crippen LogP contribution in [-0.4, -0.2) is 14.8 Å². The summed E-state index contributed by atoms with van der Waals surface area (Å²) in [5, 5.41) is 4.29. The van der Waals surface area contributed by atoms with Crippen molar-refractivity contribution in [3.8, 4) is 11.1 Å². The van der Waals surface area contributed by atoms with Crippen LogP contribution >= 0.6 is 0 Å². The summed E-state index contributed by atoms with van der Waals surface area (Å²) in [6, 6.07) is 4.31. The van der Waals surface area contributed by atoms with Gasteiger partial charge in [0, 0.05) is 29.7 Å². The van der Waals surface area contributed by atoms with E-state index < -0.39 is 0 Å². The number of hydrogen-bond donors (Lipinski definition) is 0. The third-order valence-electron chi connectivity index (χ3n) is 3.06. The van der Waals surface area contributed by atoms with E-state index in [4.69, 9.17) is 0 Å². The van der Waals surface area contributed by atoms with Gasteiger partial charge in [0.1, 0.15) is 0 Å². The van der Waals surface area contributed by atoms with Crippen molar-refractivity contribution in [3.05, 3.63) is 35.4 Å². The summed E-state index contributed by atoms with van der Waals surface area (Å²) in [4.78, 5) is 4.56. The van der Waals surface area contributed by atoms with Crippen LogP contribution in [0.25, 0.3) is 11.1 Å². The Morgan fingerprint density at radius 3 is 2.37 bits per heavy atom. The highest BCUT2D eigenvalue weighted by molar-refractivity contribution is 5.65. The van der Waals surface area contributed by atoms with Crippen molar-refractivity contribution in [2.45, 2.75) is 47.5 Å². The van der Waals surface area contributed by atoms with Crippen LogP contribution in [0.3, 0.4) is 0 Å². The molecule has 2 rings (SSSR count). The highest BCUT2D eigenvalue weighted by atomic mass is 15.3. The second kappa shape index (κ2) is 7.07. The fraction of sp³-hybridized carbons (Fsp3) is 0.500. The minimum atomic E-state index is 1.04. The molecule has 3 nitrogen and oxygen atoms in total. The molecule has 0 atom stereocenters. The van der Waals surface area contributed by atoms with Crippen molar-refractivity contribution < 1.29 is 0 Å². The van der Waals surface area contributed by atoms with E-state index in [1.165, 1.54) is 22.5 Å². The first-order valence-electron chi connectivity index (χ1n) is 7.08. The summed E-state index contributed by atoms with van der Waals surface area (Å²) in [7, 11) is 1.97. The van der Waals surface area contributed by atoms with Gasteiger partial charge in [0.05, 0.1) is 6.20 Å². The van der Waals surface area contributed by atoms with Gasteiger partial charge in [-0.1, -0.05) is 27.2 Å². The molecular formula is C16H25N3. The van der Waals surface area contributed by atoms with E-state index in [2.05, 4.69) is 36.1 Å². The predicted molar refractivity (Wildman–Crippen MR) is 81.3 cm³/mol. The molecule has 104 valence electrons. The maximum absolute atomic E-state index is 4.56. The van der Waals surface area contributed by atoms with Gasteiger partial charge in [0.2, 0.25) is 0 Å². The summed E-state index contributed by atoms with van der Waals surface area (Å²) in [6.45, 7) is 10.3. The van der Waals surface area contributed by atoms with Gasteiger partial charge in [-0.05, 0) is 38.0 Å². The Labute approximate surface area is 116 Å². The van der Waals surface area contributed by atoms with Crippen molar-refractivity contribution in [1.29, 1.82) is 0 Å². The SMILES string of the molecule is CC.CCCc1cc(-c2cnn(C)c2C)cc(C)n1. The molecule has 0 bridgehead atoms. The standard InChI is InChI=1S/C14H19N3.C2H6/c1-5-6-13-8-12(7-10(2)16-13)14-9-15-17(4)11(14)3;1-2/h7-9H,5-6H2,1-4H3;1-2H3. The first-order valence-corrected chi connectivity index (χ1v) is 7.08. The minimum absolute atomic E-state index is 1.04. The lowest BCUT2D eigenvalue weighted by Crippen LogP contribution is -1.95. The third-order valence-corrected chi connectivity index (χ3v) is 3.06. The van der Waals surface area contributed by atoms with Gasteiger partial charge in [-0.2, -0.15) is 5.10 Å². The Morgan fingerprint density at radius 2 is 1.84 bits per heavy atom. The lowest BCUT2D eigenvalue weighted by molar-refractivity contribution is 0.740. The maximum atomic E-state index is 4.56. The fourth-order valence-electron chi connectivity index (χ4n) is 2.06. The van der Waals surface area contributed by atoms with E-state index in [-0.39, 0.29) is 0 Å². The molecular weight excluding hydrogens is 234 g/mol. The minimum Gasteiger partial charge on any atom is -0.272 e. The van der Waals surface area contributed by atoms with Gasteiger partial charge in [-0.25, -0.2) is 0 Å². The van der Waals surface area contributed by atoms with Crippen molar-refractivity contribution in [2.75, 3.05) is 0 Å². The second-order valence-electron chi connectivity index (χ2n) is 4.51. The average molecular weight is 259 g/mol. The summed E-state index contributed by atoms with van der Waals surface area (Å²) in [6.07, 6.45) is 4.09. The Hall–Kier alpha value is -1.64. The number of pyridine rings is 1. The molecule has 2 aromatic heterocycles. The van der Waals surface area contributed by atoms with Crippen LogP contribution in [0.15, 0.2) is 18.3 Å². The molecule has 0 spiro atoms. The van der Waals surface area contributed by atoms with Gasteiger partial charge < -0.3 is 0 Å². The van der Waals surface area contributed by atoms with Crippen LogP contribution in [0, 0.1) is 13.8 Å². The van der Waals surface area contributed by atoms with Crippen LogP contribution in [0.5, 0.6) is 0 Å². The molecule has 0 saturated heterocycles. The van der Waals surface area contributed by atoms with E-state index >= 15 is 0 Å². The Morgan fingerprint density at radius 1 is 1.16 bits per heavy atom. The Kier molecular flexibility index (Phi) is 5.74. The smallest absolute Gasteiger partial charge is 0.0571 e. The highest BCUT2D eigenvalue weighted by Gasteiger charge is 2.08. The summed E-state index contributed by atoms with van der Waals surface area (Å²) < 4.78 is 1.91. The van der Waals surface area contributed by atoms with Crippen LogP contribution in [0.4, 0.5) is 0 Å². The molecule has 0 unspecified atom stereocenters. The topological polar surface area (TPSA) is 30.7 Å². The Balaban J connectivity index is 0.000000861. The molecule has 19 heavy (non-hydrogen) atoms. The zero-order valence-electron chi connectivity index (χ0n) is 13.0. The van der Waals surface area contributed by atoms with E-state index in [1.807, 2.05) is 38.7 Å². The third kappa shape index (κ3) is 3.66. The number of aromatic nitrogens is 3. The molecule has 0 aliphatic carbocycles. The van der Waals surface area contributed by atoms with E-state index in [9.17, 15) is 0 Å². The Bertz CT molecular complexity index is 527. The second-order valence-corrected chi connectivity index (χ2v) is 4.51. The van der Waals surface area contributed by atoms with Crippen molar-refractivity contribution >= 4 is 0 Å². The number of aryl methyl sites for hydroxylation is 3. The van der Waals surface area contributed by atoms with Crippen LogP contribution in [-0.2, 0) is 13.5 Å². The van der Waals surface area contributed by atoms with E-state index in [0.717, 1.165) is 18.5 Å². The fourth-order valence-corrected chi connectivity index (χ4v) is 2.06. The van der Waals surface area contributed by atoms with E-state index in [0.29, 0.717) is 0 Å². The summed E-state index contributed by atoms with van der Waals surface area (Å²) >= 11 is 0. The van der Waals surface area contributed by atoms with Crippen LogP contribution in [0.1, 0.15) is 44.3 Å². The molecule has 0 amide bonds. The number of rotatable bonds is 3. The number of hydrogen-bond acceptors (Lipinski definition) is 2. The van der Waals surface area contributed by atoms with Crippen LogP contribution in [0.2, 0.25) is 0 Å². The lowest BCUT2D eigenvalue weighted by atomic mass is 10.0. The van der Waals surface area contributed by atoms with Crippen molar-refractivity contribution in [2.24, 2.45) is 7.05 Å². The summed E-state index contributed by atoms with van der Waals surface area (Å²) in [5.74, 6) is 0.